The van der Waals surface area contributed by atoms with Crippen LogP contribution in [0, 0.1) is 16.3 Å². The summed E-state index contributed by atoms with van der Waals surface area (Å²) in [5.74, 6) is -0.189. The highest BCUT2D eigenvalue weighted by atomic mass is 19.1. The molecule has 4 rings (SSSR count). The van der Waals surface area contributed by atoms with Gasteiger partial charge >= 0.3 is 0 Å². The summed E-state index contributed by atoms with van der Waals surface area (Å²) in [6, 6.07) is 14.2. The number of carbonyl (C=O) groups excluding carboxylic acids is 1. The zero-order valence-corrected chi connectivity index (χ0v) is 11.8. The fourth-order valence-corrected chi connectivity index (χ4v) is 2.13. The summed E-state index contributed by atoms with van der Waals surface area (Å²) < 4.78 is 16.7. The molecule has 5 heteroatoms. The van der Waals surface area contributed by atoms with Crippen molar-refractivity contribution < 1.29 is 13.7 Å². The third kappa shape index (κ3) is 2.48. The summed E-state index contributed by atoms with van der Waals surface area (Å²) in [6.07, 6.45) is 1.48. The molecule has 0 radical (unpaired) electrons. The lowest BCUT2D eigenvalue weighted by Crippen LogP contribution is -2.18. The Labute approximate surface area is 125 Å². The zero-order chi connectivity index (χ0) is 15.5. The predicted octanol–water partition coefficient (Wildman–Crippen LogP) is 3.13. The molecule has 2 aromatic rings. The van der Waals surface area contributed by atoms with E-state index >= 15 is 0 Å². The SMILES string of the molecule is CNC(=O)c1ccccc1-c1ccon1.Fc1cc2ccc1=2. The molecule has 0 saturated carbocycles. The molecule has 1 aromatic carbocycles. The standard InChI is InChI=1S/C11H10N2O2.C6H3F/c1-12-11(14)9-5-3-2-4-8(9)10-6-7-15-13-10;7-6-3-4-1-2-5(4)6/h2-7H,1H3,(H,12,14);1-3H. The van der Waals surface area contributed by atoms with Gasteiger partial charge in [0.2, 0.25) is 0 Å². The Morgan fingerprint density at radius 3 is 2.45 bits per heavy atom. The van der Waals surface area contributed by atoms with Crippen LogP contribution in [-0.2, 0) is 0 Å². The first kappa shape index (κ1) is 14.0. The Hall–Kier alpha value is -2.95. The van der Waals surface area contributed by atoms with E-state index in [9.17, 15) is 9.18 Å². The van der Waals surface area contributed by atoms with E-state index in [1.54, 1.807) is 25.2 Å². The van der Waals surface area contributed by atoms with Crippen LogP contribution in [0.25, 0.3) is 11.3 Å². The molecule has 0 fully saturated rings. The molecule has 1 aromatic heterocycles. The third-order valence-corrected chi connectivity index (χ3v) is 3.39. The number of carbonyl (C=O) groups is 1. The molecular formula is C17H13FN2O2. The largest absolute Gasteiger partial charge is 0.364 e. The molecule has 2 aliphatic rings. The maximum absolute atomic E-state index is 12.0. The molecular weight excluding hydrogens is 283 g/mol. The van der Waals surface area contributed by atoms with E-state index in [4.69, 9.17) is 4.52 Å². The number of aromatic nitrogens is 1. The van der Waals surface area contributed by atoms with Crippen molar-refractivity contribution in [3.8, 4) is 11.3 Å². The van der Waals surface area contributed by atoms with Gasteiger partial charge in [-0.1, -0.05) is 35.5 Å². The van der Waals surface area contributed by atoms with Crippen LogP contribution in [0.4, 0.5) is 4.39 Å². The second-order valence-electron chi connectivity index (χ2n) is 4.70. The number of hydrogen-bond donors (Lipinski definition) is 1. The van der Waals surface area contributed by atoms with Gasteiger partial charge in [-0.2, -0.15) is 0 Å². The predicted molar refractivity (Wildman–Crippen MR) is 79.4 cm³/mol. The average molecular weight is 296 g/mol. The van der Waals surface area contributed by atoms with Crippen LogP contribution in [0.5, 0.6) is 0 Å². The zero-order valence-electron chi connectivity index (χ0n) is 11.8. The normalized spacial score (nSPS) is 10.5. The van der Waals surface area contributed by atoms with Crippen molar-refractivity contribution in [2.45, 2.75) is 0 Å². The summed E-state index contributed by atoms with van der Waals surface area (Å²) in [5.41, 5.74) is 2.02. The van der Waals surface area contributed by atoms with Gasteiger partial charge in [-0.25, -0.2) is 4.39 Å². The lowest BCUT2D eigenvalue weighted by molar-refractivity contribution is 0.0963. The van der Waals surface area contributed by atoms with Crippen LogP contribution in [-0.4, -0.2) is 18.1 Å². The van der Waals surface area contributed by atoms with Gasteiger partial charge in [-0.05, 0) is 17.4 Å². The van der Waals surface area contributed by atoms with Crippen molar-refractivity contribution in [1.82, 2.24) is 10.5 Å². The summed E-state index contributed by atoms with van der Waals surface area (Å²) in [5, 5.41) is 8.27. The summed E-state index contributed by atoms with van der Waals surface area (Å²) in [4.78, 5) is 11.6. The van der Waals surface area contributed by atoms with Crippen molar-refractivity contribution >= 4 is 5.91 Å². The average Bonchev–Trinajstić information content (AvgIpc) is 3.06. The van der Waals surface area contributed by atoms with Gasteiger partial charge < -0.3 is 9.84 Å². The Balaban J connectivity index is 0.000000169. The van der Waals surface area contributed by atoms with Crippen LogP contribution in [0.1, 0.15) is 10.4 Å². The van der Waals surface area contributed by atoms with Crippen LogP contribution in [0.2, 0.25) is 0 Å². The maximum atomic E-state index is 12.0. The van der Waals surface area contributed by atoms with Crippen molar-refractivity contribution in [2.24, 2.45) is 0 Å². The minimum Gasteiger partial charge on any atom is -0.364 e. The van der Waals surface area contributed by atoms with E-state index in [1.165, 1.54) is 12.3 Å². The maximum Gasteiger partial charge on any atom is 0.251 e. The lowest BCUT2D eigenvalue weighted by Gasteiger charge is -2.04. The summed E-state index contributed by atoms with van der Waals surface area (Å²) in [6.45, 7) is 0. The molecule has 4 nitrogen and oxygen atoms in total. The smallest absolute Gasteiger partial charge is 0.251 e. The molecule has 0 atom stereocenters. The van der Waals surface area contributed by atoms with E-state index in [-0.39, 0.29) is 11.7 Å². The van der Waals surface area contributed by atoms with E-state index in [0.29, 0.717) is 11.3 Å². The van der Waals surface area contributed by atoms with Crippen molar-refractivity contribution in [2.75, 3.05) is 7.05 Å². The Kier molecular flexibility index (Phi) is 3.70. The van der Waals surface area contributed by atoms with Crippen molar-refractivity contribution in [3.05, 3.63) is 76.6 Å². The molecule has 1 amide bonds. The first-order valence-corrected chi connectivity index (χ1v) is 6.72. The molecule has 110 valence electrons. The molecule has 1 heterocycles. The molecule has 22 heavy (non-hydrogen) atoms. The monoisotopic (exact) mass is 296 g/mol. The highest BCUT2D eigenvalue weighted by Gasteiger charge is 2.12. The van der Waals surface area contributed by atoms with Gasteiger partial charge in [0.15, 0.2) is 0 Å². The van der Waals surface area contributed by atoms with E-state index < -0.39 is 0 Å². The third-order valence-electron chi connectivity index (χ3n) is 3.39. The number of amides is 1. The lowest BCUT2D eigenvalue weighted by atomic mass is 10.0. The number of halogens is 1. The minimum atomic E-state index is -0.131. The van der Waals surface area contributed by atoms with E-state index in [0.717, 1.165) is 16.0 Å². The quantitative estimate of drug-likeness (QED) is 0.618. The van der Waals surface area contributed by atoms with Gasteiger partial charge in [0.05, 0.1) is 0 Å². The van der Waals surface area contributed by atoms with Gasteiger partial charge in [0.1, 0.15) is 17.8 Å². The van der Waals surface area contributed by atoms with E-state index in [2.05, 4.69) is 10.5 Å². The minimum absolute atomic E-state index is 0.0579. The van der Waals surface area contributed by atoms with Gasteiger partial charge in [0.25, 0.3) is 5.91 Å². The van der Waals surface area contributed by atoms with Gasteiger partial charge in [-0.3, -0.25) is 4.79 Å². The Morgan fingerprint density at radius 1 is 1.18 bits per heavy atom. The number of nitrogens with one attached hydrogen (secondary N) is 1. The summed E-state index contributed by atoms with van der Waals surface area (Å²) >= 11 is 0. The van der Waals surface area contributed by atoms with Crippen molar-refractivity contribution in [1.29, 1.82) is 0 Å². The molecule has 0 saturated heterocycles. The van der Waals surface area contributed by atoms with E-state index in [1.807, 2.05) is 24.3 Å². The topological polar surface area (TPSA) is 55.1 Å². The van der Waals surface area contributed by atoms with Crippen LogP contribution in [0.3, 0.4) is 0 Å². The first-order chi connectivity index (χ1) is 10.7. The van der Waals surface area contributed by atoms with Crippen LogP contribution < -0.4 is 5.32 Å². The van der Waals surface area contributed by atoms with Gasteiger partial charge in [0, 0.05) is 29.5 Å². The first-order valence-electron chi connectivity index (χ1n) is 6.72. The van der Waals surface area contributed by atoms with Crippen LogP contribution in [0.15, 0.2) is 59.3 Å². The molecule has 0 unspecified atom stereocenters. The molecule has 0 spiro atoms. The second kappa shape index (κ2) is 5.81. The molecule has 0 aliphatic heterocycles. The number of benzene rings is 2. The van der Waals surface area contributed by atoms with Gasteiger partial charge in [-0.15, -0.1) is 0 Å². The van der Waals surface area contributed by atoms with Crippen molar-refractivity contribution in [3.63, 3.8) is 0 Å². The fraction of sp³-hybridized carbons (Fsp3) is 0.0588. The summed E-state index contributed by atoms with van der Waals surface area (Å²) in [7, 11) is 1.60. The van der Waals surface area contributed by atoms with Crippen LogP contribution >= 0.6 is 0 Å². The Morgan fingerprint density at radius 2 is 2.00 bits per heavy atom. The number of hydrogen-bond acceptors (Lipinski definition) is 3. The molecule has 2 aliphatic carbocycles. The number of nitrogens with zero attached hydrogens (tertiary/aromatic N) is 1. The fourth-order valence-electron chi connectivity index (χ4n) is 2.13. The highest BCUT2D eigenvalue weighted by molar-refractivity contribution is 6.00. The second-order valence-corrected chi connectivity index (χ2v) is 4.70. The Bertz CT molecular complexity index is 905. The molecule has 0 bridgehead atoms. The molecule has 1 N–H and O–H groups in total. The number of rotatable bonds is 2. The highest BCUT2D eigenvalue weighted by Crippen LogP contribution is 2.21.